The van der Waals surface area contributed by atoms with Gasteiger partial charge in [0.25, 0.3) is 0 Å². The van der Waals surface area contributed by atoms with Gasteiger partial charge in [-0.1, -0.05) is 0 Å². The molecule has 4 nitrogen and oxygen atoms in total. The first-order valence-corrected chi connectivity index (χ1v) is 6.58. The average molecular weight is 315 g/mol. The fourth-order valence-electron chi connectivity index (χ4n) is 1.40. The molecule has 1 atom stereocenters. The highest BCUT2D eigenvalue weighted by Gasteiger charge is 2.12. The maximum absolute atomic E-state index is 10.0. The van der Waals surface area contributed by atoms with Crippen molar-refractivity contribution < 1.29 is 9.84 Å². The quantitative estimate of drug-likeness (QED) is 0.942. The molecule has 0 saturated heterocycles. The lowest BCUT2D eigenvalue weighted by Gasteiger charge is -2.09. The van der Waals surface area contributed by atoms with Crippen LogP contribution in [0.1, 0.15) is 16.7 Å². The Hall–Kier alpha value is -0.980. The predicted molar refractivity (Wildman–Crippen MR) is 69.3 cm³/mol. The second-order valence-electron chi connectivity index (χ2n) is 3.41. The number of hydrogen-bond acceptors (Lipinski definition) is 5. The van der Waals surface area contributed by atoms with Gasteiger partial charge in [0.15, 0.2) is 0 Å². The third-order valence-corrected chi connectivity index (χ3v) is 3.88. The van der Waals surface area contributed by atoms with Crippen LogP contribution in [0.2, 0.25) is 0 Å². The Kier molecular flexibility index (Phi) is 4.09. The summed E-state index contributed by atoms with van der Waals surface area (Å²) in [5.41, 5.74) is 0.571. The molecule has 2 aromatic heterocycles. The average Bonchev–Trinajstić information content (AvgIpc) is 2.75. The molecule has 90 valence electrons. The minimum atomic E-state index is -0.641. The maximum atomic E-state index is 10.0. The van der Waals surface area contributed by atoms with E-state index in [1.165, 1.54) is 13.4 Å². The van der Waals surface area contributed by atoms with Crippen molar-refractivity contribution in [1.82, 2.24) is 9.97 Å². The molecular formula is C11H11BrN2O2S. The second-order valence-corrected chi connectivity index (χ2v) is 5.96. The van der Waals surface area contributed by atoms with E-state index < -0.39 is 6.10 Å². The SMILES string of the molecule is COc1cc(C(O)Cc2ccc(Br)s2)ncn1. The number of hydrogen-bond donors (Lipinski definition) is 1. The summed E-state index contributed by atoms with van der Waals surface area (Å²) in [6.07, 6.45) is 1.29. The summed E-state index contributed by atoms with van der Waals surface area (Å²) in [4.78, 5) is 9.04. The summed E-state index contributed by atoms with van der Waals surface area (Å²) in [6.45, 7) is 0. The van der Waals surface area contributed by atoms with E-state index in [0.717, 1.165) is 8.66 Å². The third-order valence-electron chi connectivity index (χ3n) is 2.24. The summed E-state index contributed by atoms with van der Waals surface area (Å²) >= 11 is 5.00. The molecule has 0 aliphatic heterocycles. The van der Waals surface area contributed by atoms with Crippen LogP contribution in [0.3, 0.4) is 0 Å². The fourth-order valence-corrected chi connectivity index (χ4v) is 2.92. The first-order valence-electron chi connectivity index (χ1n) is 4.97. The molecule has 0 bridgehead atoms. The molecule has 1 N–H and O–H groups in total. The first-order chi connectivity index (χ1) is 8.19. The number of ether oxygens (including phenoxy) is 1. The highest BCUT2D eigenvalue weighted by Crippen LogP contribution is 2.26. The Morgan fingerprint density at radius 3 is 2.94 bits per heavy atom. The molecule has 17 heavy (non-hydrogen) atoms. The van der Waals surface area contributed by atoms with E-state index in [4.69, 9.17) is 4.74 Å². The van der Waals surface area contributed by atoms with Gasteiger partial charge < -0.3 is 9.84 Å². The highest BCUT2D eigenvalue weighted by molar-refractivity contribution is 9.11. The molecule has 0 spiro atoms. The number of nitrogens with zero attached hydrogens (tertiary/aromatic N) is 2. The molecule has 2 rings (SSSR count). The van der Waals surface area contributed by atoms with Crippen LogP contribution in [0.5, 0.6) is 5.88 Å². The van der Waals surface area contributed by atoms with Crippen molar-refractivity contribution in [2.75, 3.05) is 7.11 Å². The fraction of sp³-hybridized carbons (Fsp3) is 0.273. The predicted octanol–water partition coefficient (Wildman–Crippen LogP) is 2.59. The lowest BCUT2D eigenvalue weighted by Crippen LogP contribution is -2.04. The van der Waals surface area contributed by atoms with Crippen molar-refractivity contribution in [3.63, 3.8) is 0 Å². The van der Waals surface area contributed by atoms with E-state index in [2.05, 4.69) is 25.9 Å². The molecule has 0 amide bonds. The molecule has 0 aliphatic rings. The van der Waals surface area contributed by atoms with Crippen molar-refractivity contribution in [2.45, 2.75) is 12.5 Å². The van der Waals surface area contributed by atoms with Crippen LogP contribution in [-0.2, 0) is 6.42 Å². The zero-order chi connectivity index (χ0) is 12.3. The lowest BCUT2D eigenvalue weighted by molar-refractivity contribution is 0.173. The van der Waals surface area contributed by atoms with Gasteiger partial charge in [-0.05, 0) is 28.1 Å². The Labute approximate surface area is 111 Å². The van der Waals surface area contributed by atoms with E-state index in [9.17, 15) is 5.11 Å². The normalized spacial score (nSPS) is 12.4. The Morgan fingerprint density at radius 2 is 2.29 bits per heavy atom. The van der Waals surface area contributed by atoms with E-state index in [-0.39, 0.29) is 0 Å². The first kappa shape index (κ1) is 12.5. The van der Waals surface area contributed by atoms with Crippen molar-refractivity contribution in [3.05, 3.63) is 38.9 Å². The van der Waals surface area contributed by atoms with Gasteiger partial charge in [-0.2, -0.15) is 0 Å². The molecule has 2 aromatic rings. The lowest BCUT2D eigenvalue weighted by atomic mass is 10.1. The van der Waals surface area contributed by atoms with Gasteiger partial charge in [-0.25, -0.2) is 9.97 Å². The van der Waals surface area contributed by atoms with Crippen LogP contribution in [-0.4, -0.2) is 22.2 Å². The summed E-state index contributed by atoms with van der Waals surface area (Å²) in [5.74, 6) is 0.460. The number of aliphatic hydroxyl groups is 1. The second kappa shape index (κ2) is 5.57. The van der Waals surface area contributed by atoms with Crippen molar-refractivity contribution in [1.29, 1.82) is 0 Å². The zero-order valence-electron chi connectivity index (χ0n) is 9.13. The molecule has 0 fully saturated rings. The van der Waals surface area contributed by atoms with E-state index in [1.807, 2.05) is 12.1 Å². The summed E-state index contributed by atoms with van der Waals surface area (Å²) in [5, 5.41) is 10.0. The molecular weight excluding hydrogens is 304 g/mol. The smallest absolute Gasteiger partial charge is 0.216 e. The van der Waals surface area contributed by atoms with Gasteiger partial charge in [-0.3, -0.25) is 0 Å². The van der Waals surface area contributed by atoms with Crippen LogP contribution in [0.4, 0.5) is 0 Å². The minimum Gasteiger partial charge on any atom is -0.481 e. The summed E-state index contributed by atoms with van der Waals surface area (Å²) in [6, 6.07) is 5.59. The van der Waals surface area contributed by atoms with Gasteiger partial charge in [0, 0.05) is 17.4 Å². The topological polar surface area (TPSA) is 55.2 Å². The molecule has 0 aromatic carbocycles. The van der Waals surface area contributed by atoms with Crippen LogP contribution in [0, 0.1) is 0 Å². The Balaban J connectivity index is 2.11. The number of aliphatic hydroxyl groups excluding tert-OH is 1. The molecule has 2 heterocycles. The monoisotopic (exact) mass is 314 g/mol. The van der Waals surface area contributed by atoms with Gasteiger partial charge in [-0.15, -0.1) is 11.3 Å². The van der Waals surface area contributed by atoms with Crippen LogP contribution >= 0.6 is 27.3 Å². The summed E-state index contributed by atoms with van der Waals surface area (Å²) < 4.78 is 6.05. The highest BCUT2D eigenvalue weighted by atomic mass is 79.9. The number of rotatable bonds is 4. The molecule has 0 saturated carbocycles. The maximum Gasteiger partial charge on any atom is 0.216 e. The van der Waals surface area contributed by atoms with Gasteiger partial charge >= 0.3 is 0 Å². The van der Waals surface area contributed by atoms with Crippen LogP contribution in [0.25, 0.3) is 0 Å². The molecule has 1 unspecified atom stereocenters. The minimum absolute atomic E-state index is 0.460. The Morgan fingerprint density at radius 1 is 1.47 bits per heavy atom. The van der Waals surface area contributed by atoms with E-state index in [1.54, 1.807) is 17.4 Å². The van der Waals surface area contributed by atoms with Crippen LogP contribution in [0.15, 0.2) is 28.3 Å². The number of halogens is 1. The van der Waals surface area contributed by atoms with Gasteiger partial charge in [0.2, 0.25) is 5.88 Å². The van der Waals surface area contributed by atoms with E-state index >= 15 is 0 Å². The van der Waals surface area contributed by atoms with Gasteiger partial charge in [0.05, 0.1) is 16.6 Å². The number of thiophene rings is 1. The van der Waals surface area contributed by atoms with Crippen molar-refractivity contribution in [3.8, 4) is 5.88 Å². The third kappa shape index (κ3) is 3.24. The number of aromatic nitrogens is 2. The standard InChI is InChI=1S/C11H11BrN2O2S/c1-16-11-5-8(13-6-14-11)9(15)4-7-2-3-10(12)17-7/h2-3,5-6,9,15H,4H2,1H3. The molecule has 0 radical (unpaired) electrons. The Bertz CT molecular complexity index is 504. The van der Waals surface area contributed by atoms with Crippen molar-refractivity contribution in [2.24, 2.45) is 0 Å². The van der Waals surface area contributed by atoms with Crippen molar-refractivity contribution >= 4 is 27.3 Å². The van der Waals surface area contributed by atoms with Gasteiger partial charge in [0.1, 0.15) is 12.4 Å². The number of methoxy groups -OCH3 is 1. The molecule has 0 aliphatic carbocycles. The molecule has 6 heteroatoms. The largest absolute Gasteiger partial charge is 0.481 e. The summed E-state index contributed by atoms with van der Waals surface area (Å²) in [7, 11) is 1.54. The van der Waals surface area contributed by atoms with Crippen LogP contribution < -0.4 is 4.74 Å². The van der Waals surface area contributed by atoms with E-state index in [0.29, 0.717) is 18.0 Å². The zero-order valence-corrected chi connectivity index (χ0v) is 11.5.